The summed E-state index contributed by atoms with van der Waals surface area (Å²) in [6.07, 6.45) is 2.70. The van der Waals surface area contributed by atoms with Crippen LogP contribution in [0.4, 0.5) is 5.82 Å². The zero-order valence-corrected chi connectivity index (χ0v) is 11.3. The molecule has 0 saturated heterocycles. The molecule has 1 saturated carbocycles. The molecule has 0 radical (unpaired) electrons. The van der Waals surface area contributed by atoms with Crippen molar-refractivity contribution in [2.75, 3.05) is 18.0 Å². The molecule has 2 aromatic heterocycles. The van der Waals surface area contributed by atoms with E-state index in [0.29, 0.717) is 5.28 Å². The normalized spacial score (nSPS) is 15.4. The Morgan fingerprint density at radius 3 is 3.00 bits per heavy atom. The van der Waals surface area contributed by atoms with E-state index < -0.39 is 0 Å². The lowest BCUT2D eigenvalue weighted by atomic mass is 10.3. The summed E-state index contributed by atoms with van der Waals surface area (Å²) in [5.74, 6) is 1.84. The standard InChI is InChI=1S/C12H14ClN3S/c1-2-16(7-8-3-4-8)10-9-5-6-17-11(9)15-12(13)14-10/h5-6,8H,2-4,7H2,1H3. The monoisotopic (exact) mass is 267 g/mol. The van der Waals surface area contributed by atoms with Crippen LogP contribution in [0.15, 0.2) is 11.4 Å². The van der Waals surface area contributed by atoms with Gasteiger partial charge in [-0.05, 0) is 48.7 Å². The molecular weight excluding hydrogens is 254 g/mol. The average Bonchev–Trinajstić information content (AvgIpc) is 3.01. The molecule has 1 fully saturated rings. The topological polar surface area (TPSA) is 29.0 Å². The Bertz CT molecular complexity index is 536. The Morgan fingerprint density at radius 2 is 2.29 bits per heavy atom. The van der Waals surface area contributed by atoms with Crippen LogP contribution in [-0.4, -0.2) is 23.1 Å². The molecule has 0 spiro atoms. The van der Waals surface area contributed by atoms with Gasteiger partial charge in [0.15, 0.2) is 0 Å². The summed E-state index contributed by atoms with van der Waals surface area (Å²) < 4.78 is 0. The molecule has 1 aliphatic carbocycles. The molecule has 0 bridgehead atoms. The van der Waals surface area contributed by atoms with Crippen LogP contribution in [-0.2, 0) is 0 Å². The fourth-order valence-electron chi connectivity index (χ4n) is 2.03. The molecule has 0 aromatic carbocycles. The molecule has 5 heteroatoms. The van der Waals surface area contributed by atoms with Gasteiger partial charge < -0.3 is 4.90 Å². The smallest absolute Gasteiger partial charge is 0.225 e. The van der Waals surface area contributed by atoms with Crippen molar-refractivity contribution in [2.45, 2.75) is 19.8 Å². The summed E-state index contributed by atoms with van der Waals surface area (Å²) in [6, 6.07) is 2.08. The first kappa shape index (κ1) is 11.2. The van der Waals surface area contributed by atoms with Gasteiger partial charge in [0, 0.05) is 13.1 Å². The van der Waals surface area contributed by atoms with Gasteiger partial charge in [-0.3, -0.25) is 0 Å². The number of thiophene rings is 1. The van der Waals surface area contributed by atoms with Crippen molar-refractivity contribution < 1.29 is 0 Å². The van der Waals surface area contributed by atoms with Crippen LogP contribution in [0.25, 0.3) is 10.2 Å². The molecule has 3 rings (SSSR count). The first-order valence-corrected chi connectivity index (χ1v) is 7.19. The fraction of sp³-hybridized carbons (Fsp3) is 0.500. The maximum absolute atomic E-state index is 5.99. The Hall–Kier alpha value is -0.870. The van der Waals surface area contributed by atoms with Gasteiger partial charge in [0.2, 0.25) is 5.28 Å². The van der Waals surface area contributed by atoms with Crippen molar-refractivity contribution in [3.05, 3.63) is 16.7 Å². The van der Waals surface area contributed by atoms with Gasteiger partial charge in [0.25, 0.3) is 0 Å². The Kier molecular flexibility index (Phi) is 2.92. The SMILES string of the molecule is CCN(CC1CC1)c1nc(Cl)nc2sccc12. The van der Waals surface area contributed by atoms with Crippen molar-refractivity contribution in [1.29, 1.82) is 0 Å². The minimum Gasteiger partial charge on any atom is -0.356 e. The number of aromatic nitrogens is 2. The molecular formula is C12H14ClN3S. The van der Waals surface area contributed by atoms with Crippen LogP contribution >= 0.6 is 22.9 Å². The quantitative estimate of drug-likeness (QED) is 0.793. The highest BCUT2D eigenvalue weighted by atomic mass is 35.5. The van der Waals surface area contributed by atoms with Crippen molar-refractivity contribution >= 4 is 39.0 Å². The van der Waals surface area contributed by atoms with Crippen molar-refractivity contribution in [2.24, 2.45) is 5.92 Å². The van der Waals surface area contributed by atoms with Crippen LogP contribution in [0.5, 0.6) is 0 Å². The molecule has 2 aromatic rings. The first-order valence-electron chi connectivity index (χ1n) is 5.93. The number of fused-ring (bicyclic) bond motifs is 1. The highest BCUT2D eigenvalue weighted by Crippen LogP contribution is 2.34. The van der Waals surface area contributed by atoms with Gasteiger partial charge in [-0.25, -0.2) is 4.98 Å². The zero-order valence-electron chi connectivity index (χ0n) is 9.69. The highest BCUT2D eigenvalue weighted by Gasteiger charge is 2.25. The summed E-state index contributed by atoms with van der Waals surface area (Å²) in [4.78, 5) is 12.0. The molecule has 17 heavy (non-hydrogen) atoms. The predicted molar refractivity (Wildman–Crippen MR) is 73.0 cm³/mol. The minimum absolute atomic E-state index is 0.351. The number of rotatable bonds is 4. The number of hydrogen-bond acceptors (Lipinski definition) is 4. The summed E-state index contributed by atoms with van der Waals surface area (Å²) >= 11 is 7.61. The van der Waals surface area contributed by atoms with E-state index in [0.717, 1.165) is 35.0 Å². The largest absolute Gasteiger partial charge is 0.356 e. The molecule has 3 nitrogen and oxygen atoms in total. The molecule has 2 heterocycles. The van der Waals surface area contributed by atoms with E-state index in [2.05, 4.69) is 27.9 Å². The van der Waals surface area contributed by atoms with Gasteiger partial charge in [0.1, 0.15) is 10.6 Å². The van der Waals surface area contributed by atoms with E-state index >= 15 is 0 Å². The third kappa shape index (κ3) is 2.24. The minimum atomic E-state index is 0.351. The van der Waals surface area contributed by atoms with Gasteiger partial charge in [-0.1, -0.05) is 0 Å². The van der Waals surface area contributed by atoms with E-state index in [9.17, 15) is 0 Å². The summed E-state index contributed by atoms with van der Waals surface area (Å²) in [5, 5.41) is 3.52. The number of hydrogen-bond donors (Lipinski definition) is 0. The maximum Gasteiger partial charge on any atom is 0.225 e. The number of halogens is 1. The van der Waals surface area contributed by atoms with Gasteiger partial charge in [0.05, 0.1) is 5.39 Å². The van der Waals surface area contributed by atoms with Crippen LogP contribution < -0.4 is 4.90 Å². The maximum atomic E-state index is 5.99. The summed E-state index contributed by atoms with van der Waals surface area (Å²) in [5.41, 5.74) is 0. The molecule has 90 valence electrons. The van der Waals surface area contributed by atoms with Crippen molar-refractivity contribution in [3.8, 4) is 0 Å². The van der Waals surface area contributed by atoms with Crippen LogP contribution in [0, 0.1) is 5.92 Å². The lowest BCUT2D eigenvalue weighted by molar-refractivity contribution is 0.734. The van der Waals surface area contributed by atoms with Crippen molar-refractivity contribution in [1.82, 2.24) is 9.97 Å². The Balaban J connectivity index is 2.03. The van der Waals surface area contributed by atoms with Crippen LogP contribution in [0.1, 0.15) is 19.8 Å². The lowest BCUT2D eigenvalue weighted by Gasteiger charge is -2.22. The van der Waals surface area contributed by atoms with E-state index in [1.54, 1.807) is 11.3 Å². The van der Waals surface area contributed by atoms with Gasteiger partial charge >= 0.3 is 0 Å². The molecule has 0 atom stereocenters. The molecule has 1 aliphatic rings. The molecule has 0 aliphatic heterocycles. The molecule has 0 N–H and O–H groups in total. The zero-order chi connectivity index (χ0) is 11.8. The van der Waals surface area contributed by atoms with E-state index in [4.69, 9.17) is 11.6 Å². The highest BCUT2D eigenvalue weighted by molar-refractivity contribution is 7.16. The van der Waals surface area contributed by atoms with Crippen LogP contribution in [0.2, 0.25) is 5.28 Å². The first-order chi connectivity index (χ1) is 8.28. The van der Waals surface area contributed by atoms with Crippen molar-refractivity contribution in [3.63, 3.8) is 0 Å². The average molecular weight is 268 g/mol. The molecule has 0 unspecified atom stereocenters. The second kappa shape index (κ2) is 4.42. The molecule has 0 amide bonds. The summed E-state index contributed by atoms with van der Waals surface area (Å²) in [6.45, 7) is 4.22. The number of anilines is 1. The third-order valence-electron chi connectivity index (χ3n) is 3.13. The Labute approximate surface area is 109 Å². The van der Waals surface area contributed by atoms with Gasteiger partial charge in [-0.15, -0.1) is 11.3 Å². The van der Waals surface area contributed by atoms with E-state index in [-0.39, 0.29) is 0 Å². The van der Waals surface area contributed by atoms with E-state index in [1.165, 1.54) is 12.8 Å². The third-order valence-corrected chi connectivity index (χ3v) is 4.11. The fourth-order valence-corrected chi connectivity index (χ4v) is 3.01. The Morgan fingerprint density at radius 1 is 1.47 bits per heavy atom. The van der Waals surface area contributed by atoms with E-state index in [1.807, 2.05) is 5.38 Å². The summed E-state index contributed by atoms with van der Waals surface area (Å²) in [7, 11) is 0. The predicted octanol–water partition coefficient (Wildman–Crippen LogP) is 3.58. The lowest BCUT2D eigenvalue weighted by Crippen LogP contribution is -2.26. The second-order valence-electron chi connectivity index (χ2n) is 4.44. The van der Waals surface area contributed by atoms with Gasteiger partial charge in [-0.2, -0.15) is 4.98 Å². The second-order valence-corrected chi connectivity index (χ2v) is 5.67. The number of nitrogens with zero attached hydrogens (tertiary/aromatic N) is 3. The van der Waals surface area contributed by atoms with Crippen LogP contribution in [0.3, 0.4) is 0 Å².